The molecule has 0 heterocycles. The Hall–Kier alpha value is -1.17. The lowest BCUT2D eigenvalue weighted by molar-refractivity contribution is -0.110. The van der Waals surface area contributed by atoms with Gasteiger partial charge in [-0.3, -0.25) is 0 Å². The highest BCUT2D eigenvalue weighted by atomic mass is 28.3. The zero-order valence-corrected chi connectivity index (χ0v) is 10.3. The number of alkyl halides is 3. The molecule has 0 spiro atoms. The second-order valence-electron chi connectivity index (χ2n) is 4.12. The molecule has 0 radical (unpaired) electrons. The SMILES string of the molecule is C[Si](C)(C(F)=C(F)C(F)(F)F)c1ccccc1. The summed E-state index contributed by atoms with van der Waals surface area (Å²) in [5.41, 5.74) is -1.67. The van der Waals surface area contributed by atoms with Crippen LogP contribution >= 0.6 is 0 Å². The van der Waals surface area contributed by atoms with Gasteiger partial charge >= 0.3 is 6.18 Å². The van der Waals surface area contributed by atoms with E-state index >= 15 is 0 Å². The Morgan fingerprint density at radius 1 is 1.00 bits per heavy atom. The largest absolute Gasteiger partial charge is 0.445 e. The van der Waals surface area contributed by atoms with Crippen LogP contribution in [0.25, 0.3) is 0 Å². The van der Waals surface area contributed by atoms with E-state index in [-0.39, 0.29) is 0 Å². The first-order chi connectivity index (χ1) is 7.67. The van der Waals surface area contributed by atoms with E-state index in [0.717, 1.165) is 0 Å². The molecule has 1 aromatic carbocycles. The molecule has 0 saturated carbocycles. The fourth-order valence-corrected chi connectivity index (χ4v) is 3.35. The van der Waals surface area contributed by atoms with Crippen molar-refractivity contribution in [2.24, 2.45) is 0 Å². The van der Waals surface area contributed by atoms with E-state index in [0.29, 0.717) is 5.19 Å². The highest BCUT2D eigenvalue weighted by Gasteiger charge is 2.43. The van der Waals surface area contributed by atoms with Gasteiger partial charge in [0.05, 0.1) is 0 Å². The molecule has 1 rings (SSSR count). The molecule has 0 N–H and O–H groups in total. The fraction of sp³-hybridized carbons (Fsp3) is 0.273. The summed E-state index contributed by atoms with van der Waals surface area (Å²) in [4.78, 5) is 0. The predicted molar refractivity (Wildman–Crippen MR) is 58.9 cm³/mol. The van der Waals surface area contributed by atoms with Gasteiger partial charge in [0, 0.05) is 0 Å². The van der Waals surface area contributed by atoms with Gasteiger partial charge in [0.2, 0.25) is 5.83 Å². The molecule has 1 aromatic rings. The van der Waals surface area contributed by atoms with Crippen LogP contribution in [0.5, 0.6) is 0 Å². The van der Waals surface area contributed by atoms with E-state index in [1.165, 1.54) is 25.2 Å². The van der Waals surface area contributed by atoms with Gasteiger partial charge in [-0.1, -0.05) is 48.6 Å². The topological polar surface area (TPSA) is 0 Å². The molecule has 94 valence electrons. The maximum Gasteiger partial charge on any atom is 0.445 e. The van der Waals surface area contributed by atoms with Gasteiger partial charge < -0.3 is 0 Å². The molecule has 0 nitrogen and oxygen atoms in total. The summed E-state index contributed by atoms with van der Waals surface area (Å²) >= 11 is 0. The third kappa shape index (κ3) is 2.94. The van der Waals surface area contributed by atoms with Gasteiger partial charge in [0.15, 0.2) is 8.07 Å². The number of hydrogen-bond donors (Lipinski definition) is 0. The Balaban J connectivity index is 3.24. The minimum absolute atomic E-state index is 0.414. The number of benzene rings is 1. The molecule has 0 atom stereocenters. The Kier molecular flexibility index (Phi) is 3.76. The summed E-state index contributed by atoms with van der Waals surface area (Å²) in [6.07, 6.45) is -5.26. The van der Waals surface area contributed by atoms with Crippen LogP contribution in [0.4, 0.5) is 22.0 Å². The van der Waals surface area contributed by atoms with Crippen LogP contribution in [-0.2, 0) is 0 Å². The first kappa shape index (κ1) is 13.9. The predicted octanol–water partition coefficient (Wildman–Crippen LogP) is 3.85. The highest BCUT2D eigenvalue weighted by molar-refractivity contribution is 6.95. The lowest BCUT2D eigenvalue weighted by atomic mass is 10.4. The van der Waals surface area contributed by atoms with Crippen LogP contribution in [0.3, 0.4) is 0 Å². The molecule has 0 fully saturated rings. The van der Waals surface area contributed by atoms with E-state index < -0.39 is 25.5 Å². The van der Waals surface area contributed by atoms with E-state index in [1.54, 1.807) is 18.2 Å². The maximum absolute atomic E-state index is 13.6. The molecule has 0 unspecified atom stereocenters. The average molecular weight is 266 g/mol. The van der Waals surface area contributed by atoms with Gasteiger partial charge in [0.1, 0.15) is 5.45 Å². The summed E-state index contributed by atoms with van der Waals surface area (Å²) in [6, 6.07) is 7.85. The molecule has 0 saturated heterocycles. The third-order valence-corrected chi connectivity index (χ3v) is 5.58. The normalized spacial score (nSPS) is 14.5. The second kappa shape index (κ2) is 4.60. The Morgan fingerprint density at radius 3 is 1.88 bits per heavy atom. The van der Waals surface area contributed by atoms with Crippen molar-refractivity contribution >= 4 is 13.3 Å². The van der Waals surface area contributed by atoms with Crippen molar-refractivity contribution < 1.29 is 22.0 Å². The van der Waals surface area contributed by atoms with Crippen molar-refractivity contribution in [2.75, 3.05) is 0 Å². The van der Waals surface area contributed by atoms with Crippen molar-refractivity contribution in [3.8, 4) is 0 Å². The maximum atomic E-state index is 13.6. The standard InChI is InChI=1S/C11H11F5Si/c1-17(2,8-6-4-3-5-7-8)10(13)9(12)11(14,15)16/h3-7H,1-2H3. The lowest BCUT2D eigenvalue weighted by Gasteiger charge is -2.21. The molecule has 0 amide bonds. The van der Waals surface area contributed by atoms with Gasteiger partial charge in [-0.05, 0) is 0 Å². The summed E-state index contributed by atoms with van der Waals surface area (Å²) in [5, 5.41) is 0.414. The highest BCUT2D eigenvalue weighted by Crippen LogP contribution is 2.33. The molecule has 0 aliphatic rings. The van der Waals surface area contributed by atoms with Crippen LogP contribution in [0, 0.1) is 0 Å². The molecule has 0 aliphatic heterocycles. The quantitative estimate of drug-likeness (QED) is 0.563. The van der Waals surface area contributed by atoms with Crippen molar-refractivity contribution in [3.05, 3.63) is 41.6 Å². The van der Waals surface area contributed by atoms with Crippen molar-refractivity contribution in [1.82, 2.24) is 0 Å². The molecular weight excluding hydrogens is 255 g/mol. The molecular formula is C11H11F5Si. The number of hydrogen-bond acceptors (Lipinski definition) is 0. The summed E-state index contributed by atoms with van der Waals surface area (Å²) in [6.45, 7) is 2.67. The first-order valence-electron chi connectivity index (χ1n) is 4.86. The van der Waals surface area contributed by atoms with Crippen LogP contribution in [0.2, 0.25) is 13.1 Å². The van der Waals surface area contributed by atoms with Crippen LogP contribution < -0.4 is 5.19 Å². The summed E-state index contributed by atoms with van der Waals surface area (Å²) < 4.78 is 62.8. The van der Waals surface area contributed by atoms with Crippen LogP contribution in [-0.4, -0.2) is 14.3 Å². The smallest absolute Gasteiger partial charge is 0.214 e. The molecule has 0 aliphatic carbocycles. The number of allylic oxidation sites excluding steroid dienone is 1. The van der Waals surface area contributed by atoms with Crippen molar-refractivity contribution in [2.45, 2.75) is 19.3 Å². The van der Waals surface area contributed by atoms with Crippen molar-refractivity contribution in [3.63, 3.8) is 0 Å². The van der Waals surface area contributed by atoms with E-state index in [1.807, 2.05) is 0 Å². The zero-order valence-electron chi connectivity index (χ0n) is 9.28. The van der Waals surface area contributed by atoms with Gasteiger partial charge in [-0.15, -0.1) is 0 Å². The Bertz CT molecular complexity index is 419. The molecule has 17 heavy (non-hydrogen) atoms. The second-order valence-corrected chi connectivity index (χ2v) is 8.38. The van der Waals surface area contributed by atoms with Gasteiger partial charge in [0.25, 0.3) is 0 Å². The molecule has 0 bridgehead atoms. The molecule has 6 heteroatoms. The van der Waals surface area contributed by atoms with Crippen LogP contribution in [0.15, 0.2) is 41.6 Å². The fourth-order valence-electron chi connectivity index (χ4n) is 1.38. The summed E-state index contributed by atoms with van der Waals surface area (Å²) in [5.74, 6) is -2.61. The minimum atomic E-state index is -5.26. The minimum Gasteiger partial charge on any atom is -0.214 e. The third-order valence-electron chi connectivity index (χ3n) is 2.49. The average Bonchev–Trinajstić information content (AvgIpc) is 2.27. The van der Waals surface area contributed by atoms with Gasteiger partial charge in [-0.2, -0.15) is 17.6 Å². The van der Waals surface area contributed by atoms with E-state index in [9.17, 15) is 22.0 Å². The Labute approximate surface area is 96.8 Å². The van der Waals surface area contributed by atoms with Gasteiger partial charge in [-0.25, -0.2) is 4.39 Å². The lowest BCUT2D eigenvalue weighted by Crippen LogP contribution is -2.43. The van der Waals surface area contributed by atoms with Crippen molar-refractivity contribution in [1.29, 1.82) is 0 Å². The molecule has 0 aromatic heterocycles. The Morgan fingerprint density at radius 2 is 1.47 bits per heavy atom. The number of halogens is 5. The van der Waals surface area contributed by atoms with E-state index in [4.69, 9.17) is 0 Å². The zero-order chi connectivity index (χ0) is 13.3. The number of rotatable bonds is 2. The monoisotopic (exact) mass is 266 g/mol. The summed E-state index contributed by atoms with van der Waals surface area (Å²) in [7, 11) is -3.24. The first-order valence-corrected chi connectivity index (χ1v) is 7.86. The van der Waals surface area contributed by atoms with E-state index in [2.05, 4.69) is 0 Å². The van der Waals surface area contributed by atoms with Crippen LogP contribution in [0.1, 0.15) is 0 Å².